The van der Waals surface area contributed by atoms with Gasteiger partial charge in [0.25, 0.3) is 0 Å². The van der Waals surface area contributed by atoms with Crippen molar-refractivity contribution < 1.29 is 18.6 Å². The zero-order valence-corrected chi connectivity index (χ0v) is 36.5. The Labute approximate surface area is 330 Å². The topological polar surface area (TPSA) is 107 Å². The number of aliphatic hydroxyl groups excluding tert-OH is 1. The first-order valence-electron chi connectivity index (χ1n) is 19.3. The largest absolute Gasteiger partial charge is 0.491 e. The number of anilines is 1. The molecular weight excluding hydrogens is 683 g/mol. The zero-order chi connectivity index (χ0) is 42.7. The SMILES string of the molecule is C/C(F)=C\C(C)C.C=C(C)N/C=C/N(C=NC)c1ccccc1CNCC(O)COc1ccccc1.C=C(F)CC.CC.CC.CC.CC(C)CNCN. The predicted octanol–water partition coefficient (Wildman–Crippen LogP) is 10.9. The Hall–Kier alpha value is -3.83. The molecule has 0 saturated heterocycles. The molecule has 0 heterocycles. The van der Waals surface area contributed by atoms with Gasteiger partial charge in [-0.1, -0.05) is 132 Å². The number of nitrogens with zero attached hydrogens (tertiary/aromatic N) is 2. The molecule has 1 unspecified atom stereocenters. The highest BCUT2D eigenvalue weighted by atomic mass is 19.1. The third kappa shape index (κ3) is 44.3. The number of aliphatic hydroxyl groups is 1. The average Bonchev–Trinajstić information content (AvgIpc) is 3.16. The molecule has 2 aromatic rings. The van der Waals surface area contributed by atoms with Gasteiger partial charge in [-0.3, -0.25) is 4.99 Å². The number of aliphatic imine (C=N–C) groups is 1. The summed E-state index contributed by atoms with van der Waals surface area (Å²) in [5, 5.41) is 19.6. The Morgan fingerprint density at radius 3 is 1.85 bits per heavy atom. The molecular formula is C44H80F2N6O2. The standard InChI is InChI=1S/C23H30N4O2.C6H11F.C5H14N2.C4H7F.3C2H6/c1-19(2)26-13-14-27(18-24-3)23-12-8-7-9-20(23)15-25-16-21(28)17-29-22-10-5-4-6-11-22;1-5(2)4-6(3)7;1-5(2)3-7-4-6;1-3-4(2)5;3*1-2/h4-14,18,21,25-26,28H,1,15-17H2,2-3H3;4-5H,1-3H3;5,7H,3-4,6H2,1-2H3;2-3H2,1H3;3*1-2H3/b14-13+,24-18?;6-4+;;;;;. The molecule has 10 heteroatoms. The van der Waals surface area contributed by atoms with Crippen LogP contribution in [0.2, 0.25) is 0 Å². The highest BCUT2D eigenvalue weighted by molar-refractivity contribution is 5.82. The predicted molar refractivity (Wildman–Crippen MR) is 236 cm³/mol. The van der Waals surface area contributed by atoms with Crippen molar-refractivity contribution in [3.05, 3.63) is 109 Å². The Morgan fingerprint density at radius 2 is 1.44 bits per heavy atom. The molecule has 6 N–H and O–H groups in total. The minimum absolute atomic E-state index is 0.0880. The molecule has 0 aliphatic heterocycles. The second-order valence-electron chi connectivity index (χ2n) is 11.5. The molecule has 0 spiro atoms. The summed E-state index contributed by atoms with van der Waals surface area (Å²) in [5.41, 5.74) is 8.11. The fourth-order valence-electron chi connectivity index (χ4n) is 3.45. The van der Waals surface area contributed by atoms with Gasteiger partial charge >= 0.3 is 0 Å². The van der Waals surface area contributed by atoms with Crippen molar-refractivity contribution >= 4 is 12.0 Å². The smallest absolute Gasteiger partial charge is 0.119 e. The number of halogens is 2. The molecule has 0 saturated carbocycles. The first-order valence-corrected chi connectivity index (χ1v) is 19.3. The van der Waals surface area contributed by atoms with Crippen LogP contribution in [0.25, 0.3) is 0 Å². The van der Waals surface area contributed by atoms with E-state index in [0.29, 0.717) is 38.0 Å². The first-order chi connectivity index (χ1) is 25.8. The average molecular weight is 763 g/mol. The molecule has 2 aromatic carbocycles. The van der Waals surface area contributed by atoms with Crippen LogP contribution in [-0.2, 0) is 6.54 Å². The number of benzene rings is 2. The number of hydrogen-bond donors (Lipinski definition) is 5. The Kier molecular flexibility index (Phi) is 49.9. The fraction of sp³-hybridized carbons (Fsp3) is 0.523. The molecule has 2 rings (SSSR count). The van der Waals surface area contributed by atoms with Crippen LogP contribution in [-0.4, -0.2) is 51.0 Å². The third-order valence-electron chi connectivity index (χ3n) is 5.60. The molecule has 312 valence electrons. The molecule has 0 aliphatic carbocycles. The van der Waals surface area contributed by atoms with Crippen molar-refractivity contribution in [3.63, 3.8) is 0 Å². The number of rotatable bonds is 17. The zero-order valence-electron chi connectivity index (χ0n) is 36.5. The Bertz CT molecular complexity index is 1180. The lowest BCUT2D eigenvalue weighted by molar-refractivity contribution is 0.106. The summed E-state index contributed by atoms with van der Waals surface area (Å²) in [6, 6.07) is 17.5. The van der Waals surface area contributed by atoms with Gasteiger partial charge in [-0.2, -0.15) is 0 Å². The second-order valence-corrected chi connectivity index (χ2v) is 11.5. The summed E-state index contributed by atoms with van der Waals surface area (Å²) in [5.74, 6) is 1.47. The number of para-hydroxylation sites is 2. The molecule has 8 nitrogen and oxygen atoms in total. The minimum atomic E-state index is -0.602. The lowest BCUT2D eigenvalue weighted by atomic mass is 10.1. The summed E-state index contributed by atoms with van der Waals surface area (Å²) < 4.78 is 28.6. The van der Waals surface area contributed by atoms with Crippen LogP contribution in [0.3, 0.4) is 0 Å². The third-order valence-corrected chi connectivity index (χ3v) is 5.60. The van der Waals surface area contributed by atoms with E-state index in [1.165, 1.54) is 6.92 Å². The monoisotopic (exact) mass is 763 g/mol. The van der Waals surface area contributed by atoms with Gasteiger partial charge in [0.2, 0.25) is 0 Å². The number of hydrogen-bond acceptors (Lipinski definition) is 7. The molecule has 54 heavy (non-hydrogen) atoms. The van der Waals surface area contributed by atoms with Crippen LogP contribution in [0.1, 0.15) is 102 Å². The molecule has 0 fully saturated rings. The highest BCUT2D eigenvalue weighted by Crippen LogP contribution is 2.20. The van der Waals surface area contributed by atoms with Crippen LogP contribution in [0.4, 0.5) is 14.5 Å². The summed E-state index contributed by atoms with van der Waals surface area (Å²) >= 11 is 0. The summed E-state index contributed by atoms with van der Waals surface area (Å²) in [7, 11) is 1.73. The van der Waals surface area contributed by atoms with Crippen molar-refractivity contribution in [1.82, 2.24) is 16.0 Å². The molecule has 0 bridgehead atoms. The molecule has 1 atom stereocenters. The van der Waals surface area contributed by atoms with Crippen LogP contribution in [0, 0.1) is 11.8 Å². The van der Waals surface area contributed by atoms with Gasteiger partial charge in [0.1, 0.15) is 18.5 Å². The van der Waals surface area contributed by atoms with Crippen molar-refractivity contribution in [3.8, 4) is 5.75 Å². The van der Waals surface area contributed by atoms with Gasteiger partial charge < -0.3 is 36.4 Å². The van der Waals surface area contributed by atoms with Gasteiger partial charge in [-0.15, -0.1) is 0 Å². The van der Waals surface area contributed by atoms with E-state index >= 15 is 0 Å². The van der Waals surface area contributed by atoms with E-state index < -0.39 is 6.10 Å². The normalized spacial score (nSPS) is 10.6. The van der Waals surface area contributed by atoms with Gasteiger partial charge in [-0.25, -0.2) is 8.78 Å². The lowest BCUT2D eigenvalue weighted by Gasteiger charge is -2.20. The number of allylic oxidation sites excluding steroid dienone is 4. The van der Waals surface area contributed by atoms with Gasteiger partial charge in [0, 0.05) is 44.9 Å². The van der Waals surface area contributed by atoms with E-state index in [4.69, 9.17) is 10.5 Å². The second kappa shape index (κ2) is 45.3. The summed E-state index contributed by atoms with van der Waals surface area (Å²) in [6.07, 6.45) is 6.88. The van der Waals surface area contributed by atoms with Gasteiger partial charge in [0.15, 0.2) is 0 Å². The van der Waals surface area contributed by atoms with Crippen LogP contribution in [0.15, 0.2) is 109 Å². The maximum absolute atomic E-state index is 11.8. The van der Waals surface area contributed by atoms with Crippen molar-refractivity contribution in [1.29, 1.82) is 0 Å². The first kappa shape index (κ1) is 59.4. The van der Waals surface area contributed by atoms with E-state index in [1.54, 1.807) is 26.4 Å². The van der Waals surface area contributed by atoms with Crippen LogP contribution in [0.5, 0.6) is 5.75 Å². The quantitative estimate of drug-likeness (QED) is 0.0620. The van der Waals surface area contributed by atoms with Crippen molar-refractivity contribution in [2.75, 3.05) is 38.3 Å². The highest BCUT2D eigenvalue weighted by Gasteiger charge is 2.09. The Balaban J connectivity index is -0.000000260. The van der Waals surface area contributed by atoms with E-state index in [9.17, 15) is 13.9 Å². The van der Waals surface area contributed by atoms with Crippen LogP contribution < -0.4 is 31.3 Å². The lowest BCUT2D eigenvalue weighted by Crippen LogP contribution is -2.31. The van der Waals surface area contributed by atoms with E-state index in [1.807, 2.05) is 134 Å². The number of ether oxygens (including phenoxy) is 1. The van der Waals surface area contributed by atoms with Crippen molar-refractivity contribution in [2.24, 2.45) is 22.6 Å². The maximum atomic E-state index is 11.8. The maximum Gasteiger partial charge on any atom is 0.119 e. The number of nitrogens with one attached hydrogen (secondary N) is 3. The van der Waals surface area contributed by atoms with E-state index in [-0.39, 0.29) is 18.3 Å². The number of nitrogens with two attached hydrogens (primary N) is 1. The van der Waals surface area contributed by atoms with Gasteiger partial charge in [-0.05, 0) is 62.4 Å². The molecule has 0 aromatic heterocycles. The Morgan fingerprint density at radius 1 is 0.907 bits per heavy atom. The minimum Gasteiger partial charge on any atom is -0.491 e. The fourth-order valence-corrected chi connectivity index (χ4v) is 3.45. The molecule has 0 amide bonds. The summed E-state index contributed by atoms with van der Waals surface area (Å²) in [4.78, 5) is 6.07. The molecule has 0 radical (unpaired) electrons. The summed E-state index contributed by atoms with van der Waals surface area (Å²) in [6.45, 7) is 35.0. The van der Waals surface area contributed by atoms with Gasteiger partial charge in [0.05, 0.1) is 23.7 Å². The van der Waals surface area contributed by atoms with Crippen LogP contribution >= 0.6 is 0 Å². The van der Waals surface area contributed by atoms with E-state index in [0.717, 1.165) is 29.2 Å². The molecule has 0 aliphatic rings. The van der Waals surface area contributed by atoms with Crippen molar-refractivity contribution in [2.45, 2.75) is 109 Å². The van der Waals surface area contributed by atoms with E-state index in [2.05, 4.69) is 47.9 Å².